The van der Waals surface area contributed by atoms with Crippen molar-refractivity contribution in [2.75, 3.05) is 46.8 Å². The van der Waals surface area contributed by atoms with E-state index in [0.717, 1.165) is 26.2 Å². The van der Waals surface area contributed by atoms with Crippen molar-refractivity contribution in [1.82, 2.24) is 0 Å². The van der Waals surface area contributed by atoms with Crippen LogP contribution in [0.1, 0.15) is 6.42 Å². The normalized spacial score (nSPS) is 26.0. The van der Waals surface area contributed by atoms with Crippen LogP contribution in [0.5, 0.6) is 0 Å². The Bertz CT molecular complexity index is 156. The van der Waals surface area contributed by atoms with Crippen molar-refractivity contribution in [3.63, 3.8) is 0 Å². The maximum Gasteiger partial charge on any atom is 0.0955 e. The number of rotatable bonds is 8. The van der Waals surface area contributed by atoms with E-state index in [1.165, 1.54) is 0 Å². The van der Waals surface area contributed by atoms with Crippen molar-refractivity contribution in [2.45, 2.75) is 17.4 Å². The Morgan fingerprint density at radius 3 is 2.73 bits per heavy atom. The molecule has 0 aromatic rings. The van der Waals surface area contributed by atoms with Crippen LogP contribution in [0.15, 0.2) is 0 Å². The molecular weight excluding hydrogens is 264 g/mol. The lowest BCUT2D eigenvalue weighted by molar-refractivity contribution is 0.0205. The van der Waals surface area contributed by atoms with E-state index in [1.807, 2.05) is 0 Å². The number of halogens is 1. The minimum atomic E-state index is 0.198. The minimum Gasteiger partial charge on any atom is -0.382 e. The molecule has 1 rings (SSSR count). The van der Waals surface area contributed by atoms with Crippen molar-refractivity contribution < 1.29 is 18.9 Å². The van der Waals surface area contributed by atoms with E-state index in [1.54, 1.807) is 7.11 Å². The lowest BCUT2D eigenvalue weighted by atomic mass is 10.3. The van der Waals surface area contributed by atoms with Crippen molar-refractivity contribution >= 4 is 15.9 Å². The van der Waals surface area contributed by atoms with Crippen molar-refractivity contribution in [3.05, 3.63) is 0 Å². The highest BCUT2D eigenvalue weighted by molar-refractivity contribution is 9.09. The largest absolute Gasteiger partial charge is 0.382 e. The van der Waals surface area contributed by atoms with Gasteiger partial charge >= 0.3 is 0 Å². The number of alkyl halides is 1. The first-order valence-corrected chi connectivity index (χ1v) is 6.16. The monoisotopic (exact) mass is 282 g/mol. The van der Waals surface area contributed by atoms with Gasteiger partial charge in [-0.05, 0) is 6.42 Å². The van der Waals surface area contributed by atoms with Gasteiger partial charge in [-0.25, -0.2) is 0 Å². The van der Waals surface area contributed by atoms with E-state index in [4.69, 9.17) is 18.9 Å². The highest BCUT2D eigenvalue weighted by Crippen LogP contribution is 2.17. The Labute approximate surface area is 99.3 Å². The van der Waals surface area contributed by atoms with E-state index in [9.17, 15) is 0 Å². The molecule has 0 saturated carbocycles. The van der Waals surface area contributed by atoms with Gasteiger partial charge in [0.05, 0.1) is 37.4 Å². The fourth-order valence-electron chi connectivity index (χ4n) is 1.30. The predicted octanol–water partition coefficient (Wildman–Crippen LogP) is 1.22. The molecule has 1 aliphatic rings. The molecule has 0 aromatic carbocycles. The van der Waals surface area contributed by atoms with E-state index in [-0.39, 0.29) is 6.10 Å². The molecule has 0 spiro atoms. The van der Waals surface area contributed by atoms with Gasteiger partial charge in [0.2, 0.25) is 0 Å². The molecule has 5 heteroatoms. The van der Waals surface area contributed by atoms with E-state index in [0.29, 0.717) is 24.6 Å². The standard InChI is InChI=1S/C10H19BrO4/c1-12-5-6-13-3-2-4-15-10-8-14-7-9(10)11/h9-10H,2-8H2,1H3. The third-order valence-corrected chi connectivity index (χ3v) is 3.01. The van der Waals surface area contributed by atoms with Gasteiger partial charge in [-0.1, -0.05) is 15.9 Å². The van der Waals surface area contributed by atoms with Gasteiger partial charge < -0.3 is 18.9 Å². The first-order chi connectivity index (χ1) is 7.34. The van der Waals surface area contributed by atoms with Crippen molar-refractivity contribution in [1.29, 1.82) is 0 Å². The molecule has 0 amide bonds. The Morgan fingerprint density at radius 2 is 2.07 bits per heavy atom. The molecule has 1 aliphatic heterocycles. The zero-order valence-electron chi connectivity index (χ0n) is 9.12. The lowest BCUT2D eigenvalue weighted by Crippen LogP contribution is -2.23. The summed E-state index contributed by atoms with van der Waals surface area (Å²) in [4.78, 5) is 0.340. The fraction of sp³-hybridized carbons (Fsp3) is 1.00. The molecule has 0 N–H and O–H groups in total. The predicted molar refractivity (Wildman–Crippen MR) is 60.6 cm³/mol. The zero-order chi connectivity index (χ0) is 10.9. The van der Waals surface area contributed by atoms with Crippen LogP contribution in [0, 0.1) is 0 Å². The second-order valence-electron chi connectivity index (χ2n) is 3.42. The quantitative estimate of drug-likeness (QED) is 0.496. The van der Waals surface area contributed by atoms with Gasteiger partial charge in [-0.2, -0.15) is 0 Å². The summed E-state index contributed by atoms with van der Waals surface area (Å²) in [7, 11) is 1.67. The average molecular weight is 283 g/mol. The summed E-state index contributed by atoms with van der Waals surface area (Å²) in [6.07, 6.45) is 1.11. The molecule has 90 valence electrons. The molecule has 1 fully saturated rings. The summed E-state index contributed by atoms with van der Waals surface area (Å²) in [5.41, 5.74) is 0. The highest BCUT2D eigenvalue weighted by atomic mass is 79.9. The molecule has 2 unspecified atom stereocenters. The number of methoxy groups -OCH3 is 1. The van der Waals surface area contributed by atoms with Crippen LogP contribution in [0.25, 0.3) is 0 Å². The second kappa shape index (κ2) is 8.47. The first kappa shape index (κ1) is 13.4. The Balaban J connectivity index is 1.84. The number of hydrogen-bond donors (Lipinski definition) is 0. The average Bonchev–Trinajstić information content (AvgIpc) is 2.63. The Morgan fingerprint density at radius 1 is 1.20 bits per heavy atom. The van der Waals surface area contributed by atoms with E-state index >= 15 is 0 Å². The van der Waals surface area contributed by atoms with Crippen LogP contribution in [-0.2, 0) is 18.9 Å². The molecule has 0 radical (unpaired) electrons. The third-order valence-electron chi connectivity index (χ3n) is 2.16. The van der Waals surface area contributed by atoms with Gasteiger partial charge in [0, 0.05) is 20.3 Å². The summed E-state index contributed by atoms with van der Waals surface area (Å²) in [6, 6.07) is 0. The van der Waals surface area contributed by atoms with Crippen LogP contribution in [0.4, 0.5) is 0 Å². The van der Waals surface area contributed by atoms with Crippen molar-refractivity contribution in [3.8, 4) is 0 Å². The van der Waals surface area contributed by atoms with Gasteiger partial charge in [-0.3, -0.25) is 0 Å². The number of hydrogen-bond acceptors (Lipinski definition) is 4. The fourth-order valence-corrected chi connectivity index (χ4v) is 1.79. The van der Waals surface area contributed by atoms with Crippen LogP contribution >= 0.6 is 15.9 Å². The smallest absolute Gasteiger partial charge is 0.0955 e. The Hall–Kier alpha value is 0.320. The van der Waals surface area contributed by atoms with Gasteiger partial charge in [0.25, 0.3) is 0 Å². The molecule has 1 heterocycles. The van der Waals surface area contributed by atoms with Gasteiger partial charge in [0.15, 0.2) is 0 Å². The summed E-state index contributed by atoms with van der Waals surface area (Å²) in [5.74, 6) is 0. The summed E-state index contributed by atoms with van der Waals surface area (Å²) >= 11 is 3.51. The SMILES string of the molecule is COCCOCCCOC1COCC1Br. The summed E-state index contributed by atoms with van der Waals surface area (Å²) in [5, 5.41) is 0. The molecule has 0 aliphatic carbocycles. The van der Waals surface area contributed by atoms with Crippen LogP contribution in [0.2, 0.25) is 0 Å². The lowest BCUT2D eigenvalue weighted by Gasteiger charge is -2.13. The summed E-state index contributed by atoms with van der Waals surface area (Å²) < 4.78 is 21.1. The van der Waals surface area contributed by atoms with Crippen molar-refractivity contribution in [2.24, 2.45) is 0 Å². The number of ether oxygens (including phenoxy) is 4. The molecule has 1 saturated heterocycles. The van der Waals surface area contributed by atoms with E-state index in [2.05, 4.69) is 15.9 Å². The van der Waals surface area contributed by atoms with Crippen LogP contribution in [-0.4, -0.2) is 57.7 Å². The van der Waals surface area contributed by atoms with Gasteiger partial charge in [-0.15, -0.1) is 0 Å². The highest BCUT2D eigenvalue weighted by Gasteiger charge is 2.26. The Kier molecular flexibility index (Phi) is 7.56. The summed E-state index contributed by atoms with van der Waals surface area (Å²) in [6.45, 7) is 4.20. The first-order valence-electron chi connectivity index (χ1n) is 5.24. The second-order valence-corrected chi connectivity index (χ2v) is 4.60. The molecule has 4 nitrogen and oxygen atoms in total. The van der Waals surface area contributed by atoms with Crippen LogP contribution in [0.3, 0.4) is 0 Å². The maximum absolute atomic E-state index is 5.64. The molecular formula is C10H19BrO4. The zero-order valence-corrected chi connectivity index (χ0v) is 10.7. The third kappa shape index (κ3) is 5.82. The molecule has 2 atom stereocenters. The maximum atomic E-state index is 5.64. The van der Waals surface area contributed by atoms with E-state index < -0.39 is 0 Å². The minimum absolute atomic E-state index is 0.198. The van der Waals surface area contributed by atoms with Gasteiger partial charge in [0.1, 0.15) is 0 Å². The molecule has 15 heavy (non-hydrogen) atoms. The van der Waals surface area contributed by atoms with Crippen LogP contribution < -0.4 is 0 Å². The topological polar surface area (TPSA) is 36.9 Å². The molecule has 0 bridgehead atoms. The molecule has 0 aromatic heterocycles.